The van der Waals surface area contributed by atoms with Gasteiger partial charge in [-0.1, -0.05) is 52.8 Å². The maximum Gasteiger partial charge on any atom is 0.328 e. The zero-order chi connectivity index (χ0) is 17.6. The minimum Gasteiger partial charge on any atom is -0.483 e. The number of ether oxygens (including phenoxy) is 2. The van der Waals surface area contributed by atoms with Crippen molar-refractivity contribution in [2.75, 3.05) is 13.7 Å². The van der Waals surface area contributed by atoms with Gasteiger partial charge in [-0.05, 0) is 23.0 Å². The predicted octanol–water partition coefficient (Wildman–Crippen LogP) is 2.68. The van der Waals surface area contributed by atoms with Crippen molar-refractivity contribution in [2.24, 2.45) is 5.92 Å². The molecule has 0 aromatic heterocycles. The molecular weight excluding hydrogens is 294 g/mol. The molecule has 0 aliphatic rings. The van der Waals surface area contributed by atoms with Gasteiger partial charge < -0.3 is 14.8 Å². The molecule has 0 saturated carbocycles. The molecule has 1 atom stereocenters. The van der Waals surface area contributed by atoms with Crippen LogP contribution in [0.5, 0.6) is 5.75 Å². The van der Waals surface area contributed by atoms with E-state index >= 15 is 0 Å². The van der Waals surface area contributed by atoms with E-state index in [1.807, 2.05) is 38.1 Å². The fourth-order valence-corrected chi connectivity index (χ4v) is 2.20. The summed E-state index contributed by atoms with van der Waals surface area (Å²) in [4.78, 5) is 23.7. The minimum atomic E-state index is -0.672. The molecule has 1 aromatic carbocycles. The highest BCUT2D eigenvalue weighted by Gasteiger charge is 2.25. The van der Waals surface area contributed by atoms with E-state index in [-0.39, 0.29) is 23.8 Å². The lowest BCUT2D eigenvalue weighted by Crippen LogP contribution is -2.46. The summed E-state index contributed by atoms with van der Waals surface area (Å²) in [6.45, 7) is 9.80. The van der Waals surface area contributed by atoms with Crippen molar-refractivity contribution in [1.29, 1.82) is 0 Å². The number of benzene rings is 1. The summed E-state index contributed by atoms with van der Waals surface area (Å²) >= 11 is 0. The number of amides is 1. The third-order valence-electron chi connectivity index (χ3n) is 3.49. The Morgan fingerprint density at radius 1 is 1.17 bits per heavy atom. The molecule has 0 spiro atoms. The second-order valence-electron chi connectivity index (χ2n) is 6.85. The molecule has 5 nitrogen and oxygen atoms in total. The van der Waals surface area contributed by atoms with E-state index < -0.39 is 12.0 Å². The lowest BCUT2D eigenvalue weighted by atomic mass is 9.86. The second kappa shape index (κ2) is 7.99. The summed E-state index contributed by atoms with van der Waals surface area (Å²) in [7, 11) is 1.31. The number of nitrogens with one attached hydrogen (secondary N) is 1. The molecule has 128 valence electrons. The summed E-state index contributed by atoms with van der Waals surface area (Å²) in [5.74, 6) is -0.191. The Morgan fingerprint density at radius 2 is 1.78 bits per heavy atom. The van der Waals surface area contributed by atoms with Gasteiger partial charge in [0.2, 0.25) is 0 Å². The van der Waals surface area contributed by atoms with Crippen LogP contribution in [0.1, 0.15) is 40.2 Å². The zero-order valence-electron chi connectivity index (χ0n) is 14.8. The van der Waals surface area contributed by atoms with E-state index in [1.54, 1.807) is 0 Å². The smallest absolute Gasteiger partial charge is 0.328 e. The summed E-state index contributed by atoms with van der Waals surface area (Å²) < 4.78 is 10.4. The number of methoxy groups -OCH3 is 1. The van der Waals surface area contributed by atoms with E-state index in [4.69, 9.17) is 9.47 Å². The first-order valence-corrected chi connectivity index (χ1v) is 7.76. The molecule has 0 radical (unpaired) electrons. The zero-order valence-corrected chi connectivity index (χ0v) is 14.8. The number of esters is 1. The molecule has 0 unspecified atom stereocenters. The average molecular weight is 321 g/mol. The van der Waals surface area contributed by atoms with Crippen molar-refractivity contribution in [1.82, 2.24) is 5.32 Å². The van der Waals surface area contributed by atoms with E-state index in [9.17, 15) is 9.59 Å². The molecule has 5 heteroatoms. The number of carbonyl (C=O) groups is 2. The van der Waals surface area contributed by atoms with Crippen molar-refractivity contribution in [2.45, 2.75) is 46.1 Å². The van der Waals surface area contributed by atoms with Crippen LogP contribution >= 0.6 is 0 Å². The molecule has 1 aromatic rings. The van der Waals surface area contributed by atoms with Crippen LogP contribution in [0.2, 0.25) is 0 Å². The van der Waals surface area contributed by atoms with Crippen molar-refractivity contribution >= 4 is 11.9 Å². The van der Waals surface area contributed by atoms with Crippen molar-refractivity contribution < 1.29 is 19.1 Å². The highest BCUT2D eigenvalue weighted by atomic mass is 16.5. The topological polar surface area (TPSA) is 64.6 Å². The molecule has 0 fully saturated rings. The van der Waals surface area contributed by atoms with Gasteiger partial charge >= 0.3 is 5.97 Å². The van der Waals surface area contributed by atoms with Gasteiger partial charge in [-0.2, -0.15) is 0 Å². The molecule has 0 saturated heterocycles. The molecule has 23 heavy (non-hydrogen) atoms. The van der Waals surface area contributed by atoms with Gasteiger partial charge in [0.15, 0.2) is 6.61 Å². The standard InChI is InChI=1S/C18H27NO4/c1-12(2)16(17(21)22-6)19-15(20)11-23-14-10-8-7-9-13(14)18(3,4)5/h7-10,12,16H,11H2,1-6H3,(H,19,20)/t16-/m0/s1. The normalized spacial score (nSPS) is 12.7. The van der Waals surface area contributed by atoms with Crippen LogP contribution in [0.15, 0.2) is 24.3 Å². The monoisotopic (exact) mass is 321 g/mol. The number of hydrogen-bond acceptors (Lipinski definition) is 4. The Balaban J connectivity index is 2.72. The van der Waals surface area contributed by atoms with Crippen LogP contribution in [0.4, 0.5) is 0 Å². The Bertz CT molecular complexity index is 546. The maximum atomic E-state index is 12.1. The minimum absolute atomic E-state index is 0.0618. The molecule has 0 aliphatic heterocycles. The van der Waals surface area contributed by atoms with E-state index in [0.717, 1.165) is 5.56 Å². The second-order valence-corrected chi connectivity index (χ2v) is 6.85. The number of hydrogen-bond donors (Lipinski definition) is 1. The SMILES string of the molecule is COC(=O)[C@@H](NC(=O)COc1ccccc1C(C)(C)C)C(C)C. The third-order valence-corrected chi connectivity index (χ3v) is 3.49. The Morgan fingerprint density at radius 3 is 2.30 bits per heavy atom. The first-order chi connectivity index (χ1) is 10.7. The van der Waals surface area contributed by atoms with Gasteiger partial charge in [0.25, 0.3) is 5.91 Å². The van der Waals surface area contributed by atoms with Crippen LogP contribution in [-0.4, -0.2) is 31.6 Å². The third kappa shape index (κ3) is 5.58. The molecule has 0 heterocycles. The molecule has 1 amide bonds. The van der Waals surface area contributed by atoms with Gasteiger partial charge in [0.1, 0.15) is 11.8 Å². The van der Waals surface area contributed by atoms with Gasteiger partial charge in [-0.3, -0.25) is 4.79 Å². The van der Waals surface area contributed by atoms with Gasteiger partial charge in [-0.15, -0.1) is 0 Å². The van der Waals surface area contributed by atoms with Crippen LogP contribution in [-0.2, 0) is 19.7 Å². The molecule has 0 bridgehead atoms. The largest absolute Gasteiger partial charge is 0.483 e. The van der Waals surface area contributed by atoms with Crippen molar-refractivity contribution in [3.05, 3.63) is 29.8 Å². The van der Waals surface area contributed by atoms with E-state index in [0.29, 0.717) is 5.75 Å². The molecule has 1 rings (SSSR count). The van der Waals surface area contributed by atoms with E-state index in [1.165, 1.54) is 7.11 Å². The summed E-state index contributed by atoms with van der Waals surface area (Å²) in [5, 5.41) is 2.66. The molecule has 1 N–H and O–H groups in total. The summed E-state index contributed by atoms with van der Waals surface area (Å²) in [5.41, 5.74) is 0.945. The van der Waals surface area contributed by atoms with Crippen LogP contribution in [0.25, 0.3) is 0 Å². The summed E-state index contributed by atoms with van der Waals surface area (Å²) in [6.07, 6.45) is 0. The fraction of sp³-hybridized carbons (Fsp3) is 0.556. The lowest BCUT2D eigenvalue weighted by molar-refractivity contribution is -0.146. The van der Waals surface area contributed by atoms with Gasteiger partial charge in [-0.25, -0.2) is 4.79 Å². The van der Waals surface area contributed by atoms with Crippen LogP contribution < -0.4 is 10.1 Å². The number of rotatable bonds is 6. The first-order valence-electron chi connectivity index (χ1n) is 7.76. The number of carbonyl (C=O) groups excluding carboxylic acids is 2. The predicted molar refractivity (Wildman–Crippen MR) is 89.4 cm³/mol. The quantitative estimate of drug-likeness (QED) is 0.818. The average Bonchev–Trinajstić information content (AvgIpc) is 2.49. The molecule has 0 aliphatic carbocycles. The van der Waals surface area contributed by atoms with E-state index in [2.05, 4.69) is 26.1 Å². The highest BCUT2D eigenvalue weighted by molar-refractivity contribution is 5.85. The Labute approximate surface area is 138 Å². The highest BCUT2D eigenvalue weighted by Crippen LogP contribution is 2.30. The summed E-state index contributed by atoms with van der Waals surface area (Å²) in [6, 6.07) is 6.97. The van der Waals surface area contributed by atoms with Crippen LogP contribution in [0.3, 0.4) is 0 Å². The van der Waals surface area contributed by atoms with Crippen molar-refractivity contribution in [3.63, 3.8) is 0 Å². The number of para-hydroxylation sites is 1. The van der Waals surface area contributed by atoms with Crippen LogP contribution in [0, 0.1) is 5.92 Å². The van der Waals surface area contributed by atoms with Gasteiger partial charge in [0, 0.05) is 0 Å². The fourth-order valence-electron chi connectivity index (χ4n) is 2.20. The maximum absolute atomic E-state index is 12.1. The Kier molecular flexibility index (Phi) is 6.61. The van der Waals surface area contributed by atoms with Gasteiger partial charge in [0.05, 0.1) is 7.11 Å². The molecular formula is C18H27NO4. The lowest BCUT2D eigenvalue weighted by Gasteiger charge is -2.23. The Hall–Kier alpha value is -2.04. The first kappa shape index (κ1) is 19.0. The van der Waals surface area contributed by atoms with Crippen molar-refractivity contribution in [3.8, 4) is 5.75 Å².